The number of hydrogen-bond acceptors (Lipinski definition) is 4. The molecule has 0 bridgehead atoms. The number of benzene rings is 1. The van der Waals surface area contributed by atoms with Gasteiger partial charge >= 0.3 is 0 Å². The van der Waals surface area contributed by atoms with Gasteiger partial charge in [-0.25, -0.2) is 12.7 Å². The number of aryl methyl sites for hydroxylation is 1. The van der Waals surface area contributed by atoms with E-state index >= 15 is 0 Å². The molecule has 124 valence electrons. The number of amides is 1. The smallest absolute Gasteiger partial charge is 0.254 e. The number of furan rings is 1. The highest BCUT2D eigenvalue weighted by atomic mass is 32.2. The van der Waals surface area contributed by atoms with Gasteiger partial charge in [0.2, 0.25) is 10.0 Å². The predicted molar refractivity (Wildman–Crippen MR) is 86.6 cm³/mol. The van der Waals surface area contributed by atoms with E-state index in [1.165, 1.54) is 43.3 Å². The van der Waals surface area contributed by atoms with Gasteiger partial charge in [-0.05, 0) is 43.3 Å². The van der Waals surface area contributed by atoms with Gasteiger partial charge < -0.3 is 9.32 Å². The summed E-state index contributed by atoms with van der Waals surface area (Å²) in [6.07, 6.45) is 0. The number of nitrogens with zero attached hydrogens (tertiary/aromatic N) is 2. The molecule has 6 nitrogen and oxygen atoms in total. The molecule has 23 heavy (non-hydrogen) atoms. The highest BCUT2D eigenvalue weighted by Crippen LogP contribution is 2.16. The monoisotopic (exact) mass is 336 g/mol. The van der Waals surface area contributed by atoms with Crippen LogP contribution >= 0.6 is 0 Å². The second-order valence-corrected chi connectivity index (χ2v) is 7.64. The van der Waals surface area contributed by atoms with E-state index in [4.69, 9.17) is 4.42 Å². The topological polar surface area (TPSA) is 70.8 Å². The summed E-state index contributed by atoms with van der Waals surface area (Å²) < 4.78 is 30.6. The summed E-state index contributed by atoms with van der Waals surface area (Å²) >= 11 is 0. The van der Waals surface area contributed by atoms with Crippen LogP contribution in [0.2, 0.25) is 0 Å². The molecular weight excluding hydrogens is 316 g/mol. The van der Waals surface area contributed by atoms with Crippen LogP contribution in [-0.2, 0) is 16.6 Å². The molecule has 0 N–H and O–H groups in total. The normalized spacial score (nSPS) is 11.7. The molecule has 1 aromatic heterocycles. The lowest BCUT2D eigenvalue weighted by Crippen LogP contribution is -2.26. The summed E-state index contributed by atoms with van der Waals surface area (Å²) in [5.74, 6) is 1.29. The summed E-state index contributed by atoms with van der Waals surface area (Å²) in [7, 11) is 1.11. The number of carbonyl (C=O) groups excluding carboxylic acids is 1. The minimum atomic E-state index is -3.49. The zero-order valence-corrected chi connectivity index (χ0v) is 14.4. The minimum Gasteiger partial charge on any atom is -0.464 e. The average Bonchev–Trinajstić information content (AvgIpc) is 2.91. The highest BCUT2D eigenvalue weighted by molar-refractivity contribution is 7.89. The van der Waals surface area contributed by atoms with Crippen LogP contribution in [0.25, 0.3) is 0 Å². The third kappa shape index (κ3) is 3.80. The van der Waals surface area contributed by atoms with Crippen molar-refractivity contribution in [2.75, 3.05) is 21.1 Å². The van der Waals surface area contributed by atoms with Crippen LogP contribution in [0, 0.1) is 6.92 Å². The van der Waals surface area contributed by atoms with Gasteiger partial charge in [0, 0.05) is 26.7 Å². The number of rotatable bonds is 5. The Labute approximate surface area is 136 Å². The van der Waals surface area contributed by atoms with Crippen molar-refractivity contribution >= 4 is 15.9 Å². The van der Waals surface area contributed by atoms with E-state index in [9.17, 15) is 13.2 Å². The Balaban J connectivity index is 2.14. The zero-order valence-electron chi connectivity index (χ0n) is 13.6. The summed E-state index contributed by atoms with van der Waals surface area (Å²) in [6, 6.07) is 9.58. The number of hydrogen-bond donors (Lipinski definition) is 0. The first-order chi connectivity index (χ1) is 10.7. The molecule has 2 aromatic rings. The largest absolute Gasteiger partial charge is 0.464 e. The van der Waals surface area contributed by atoms with Crippen LogP contribution in [0.4, 0.5) is 0 Å². The van der Waals surface area contributed by atoms with Gasteiger partial charge in [0.1, 0.15) is 11.5 Å². The van der Waals surface area contributed by atoms with Crippen molar-refractivity contribution in [1.29, 1.82) is 0 Å². The molecule has 0 aliphatic carbocycles. The van der Waals surface area contributed by atoms with Crippen LogP contribution < -0.4 is 0 Å². The molecule has 2 rings (SSSR count). The Bertz CT molecular complexity index is 792. The molecule has 1 amide bonds. The third-order valence-electron chi connectivity index (χ3n) is 3.42. The first kappa shape index (κ1) is 17.2. The van der Waals surface area contributed by atoms with Gasteiger partial charge in [-0.2, -0.15) is 0 Å². The van der Waals surface area contributed by atoms with Crippen LogP contribution in [0.15, 0.2) is 45.7 Å². The molecular formula is C16H20N2O4S. The highest BCUT2D eigenvalue weighted by Gasteiger charge is 2.19. The second kappa shape index (κ2) is 6.55. The van der Waals surface area contributed by atoms with E-state index in [1.807, 2.05) is 19.1 Å². The van der Waals surface area contributed by atoms with E-state index in [-0.39, 0.29) is 10.8 Å². The molecule has 0 saturated heterocycles. The Morgan fingerprint density at radius 3 is 2.13 bits per heavy atom. The van der Waals surface area contributed by atoms with E-state index in [0.29, 0.717) is 17.9 Å². The van der Waals surface area contributed by atoms with Gasteiger partial charge in [-0.1, -0.05) is 0 Å². The maximum absolute atomic E-state index is 12.4. The SMILES string of the molecule is Cc1ccc(CN(C)C(=O)c2ccc(S(=O)(=O)N(C)C)cc2)o1. The van der Waals surface area contributed by atoms with Gasteiger partial charge in [-0.3, -0.25) is 4.79 Å². The molecule has 1 heterocycles. The van der Waals surface area contributed by atoms with Crippen LogP contribution in [0.5, 0.6) is 0 Å². The maximum atomic E-state index is 12.4. The van der Waals surface area contributed by atoms with Crippen LogP contribution in [-0.4, -0.2) is 44.7 Å². The molecule has 0 saturated carbocycles. The minimum absolute atomic E-state index is 0.156. The lowest BCUT2D eigenvalue weighted by molar-refractivity contribution is 0.0775. The molecule has 0 aliphatic heterocycles. The Hall–Kier alpha value is -2.12. The van der Waals surface area contributed by atoms with Crippen molar-refractivity contribution in [2.24, 2.45) is 0 Å². The lowest BCUT2D eigenvalue weighted by Gasteiger charge is -2.16. The first-order valence-electron chi connectivity index (χ1n) is 7.05. The van der Waals surface area contributed by atoms with Gasteiger partial charge in [0.15, 0.2) is 0 Å². The second-order valence-electron chi connectivity index (χ2n) is 5.49. The lowest BCUT2D eigenvalue weighted by atomic mass is 10.2. The first-order valence-corrected chi connectivity index (χ1v) is 8.49. The van der Waals surface area contributed by atoms with Gasteiger partial charge in [0.05, 0.1) is 11.4 Å². The standard InChI is InChI=1S/C16H20N2O4S/c1-12-5-8-14(22-12)11-18(4)16(19)13-6-9-15(10-7-13)23(20,21)17(2)3/h5-10H,11H2,1-4H3. The van der Waals surface area contributed by atoms with E-state index in [1.54, 1.807) is 7.05 Å². The molecule has 0 radical (unpaired) electrons. The average molecular weight is 336 g/mol. The Morgan fingerprint density at radius 2 is 1.65 bits per heavy atom. The quantitative estimate of drug-likeness (QED) is 0.838. The predicted octanol–water partition coefficient (Wildman–Crippen LogP) is 2.11. The summed E-state index contributed by atoms with van der Waals surface area (Å²) in [4.78, 5) is 14.1. The van der Waals surface area contributed by atoms with Gasteiger partial charge in [0.25, 0.3) is 5.91 Å². The van der Waals surface area contributed by atoms with Crippen molar-refractivity contribution in [3.8, 4) is 0 Å². The van der Waals surface area contributed by atoms with Crippen molar-refractivity contribution in [3.63, 3.8) is 0 Å². The number of sulfonamides is 1. The van der Waals surface area contributed by atoms with Crippen LogP contribution in [0.1, 0.15) is 21.9 Å². The zero-order chi connectivity index (χ0) is 17.2. The summed E-state index contributed by atoms with van der Waals surface area (Å²) in [5.41, 5.74) is 0.425. The van der Waals surface area contributed by atoms with E-state index in [0.717, 1.165) is 10.1 Å². The van der Waals surface area contributed by atoms with Crippen LogP contribution in [0.3, 0.4) is 0 Å². The van der Waals surface area contributed by atoms with E-state index in [2.05, 4.69) is 0 Å². The van der Waals surface area contributed by atoms with Crippen molar-refractivity contribution in [3.05, 3.63) is 53.5 Å². The Kier molecular flexibility index (Phi) is 4.91. The fraction of sp³-hybridized carbons (Fsp3) is 0.312. The van der Waals surface area contributed by atoms with Crippen molar-refractivity contribution in [1.82, 2.24) is 9.21 Å². The molecule has 0 spiro atoms. The molecule has 0 aliphatic rings. The summed E-state index contributed by atoms with van der Waals surface area (Å²) in [5, 5.41) is 0. The van der Waals surface area contributed by atoms with Crippen molar-refractivity contribution in [2.45, 2.75) is 18.4 Å². The third-order valence-corrected chi connectivity index (χ3v) is 5.24. The molecule has 0 fully saturated rings. The summed E-state index contributed by atoms with van der Waals surface area (Å²) in [6.45, 7) is 2.19. The van der Waals surface area contributed by atoms with E-state index < -0.39 is 10.0 Å². The van der Waals surface area contributed by atoms with Gasteiger partial charge in [-0.15, -0.1) is 0 Å². The fourth-order valence-corrected chi connectivity index (χ4v) is 2.98. The number of carbonyl (C=O) groups is 1. The molecule has 0 atom stereocenters. The fourth-order valence-electron chi connectivity index (χ4n) is 2.08. The molecule has 0 unspecified atom stereocenters. The van der Waals surface area contributed by atoms with Crippen molar-refractivity contribution < 1.29 is 17.6 Å². The Morgan fingerprint density at radius 1 is 1.04 bits per heavy atom. The maximum Gasteiger partial charge on any atom is 0.254 e. The molecule has 7 heteroatoms. The molecule has 1 aromatic carbocycles.